The molecule has 0 radical (unpaired) electrons. The van der Waals surface area contributed by atoms with Crippen LogP contribution in [0.1, 0.15) is 70.2 Å². The first kappa shape index (κ1) is 23.9. The molecule has 8 heteroatoms. The highest BCUT2D eigenvalue weighted by molar-refractivity contribution is 7.17. The molecule has 7 nitrogen and oxygen atoms in total. The SMILES string of the molecule is CCC(C)OC(=O)c1c(NC(=O)c2ccc(COc3cccc(OC)c3)o2)sc2c1CCCC2. The van der Waals surface area contributed by atoms with Gasteiger partial charge in [0.2, 0.25) is 0 Å². The van der Waals surface area contributed by atoms with Crippen LogP contribution in [-0.2, 0) is 24.2 Å². The molecule has 2 aromatic heterocycles. The quantitative estimate of drug-likeness (QED) is 0.375. The Hall–Kier alpha value is -3.26. The van der Waals surface area contributed by atoms with E-state index in [4.69, 9.17) is 18.6 Å². The van der Waals surface area contributed by atoms with E-state index < -0.39 is 5.91 Å². The lowest BCUT2D eigenvalue weighted by Gasteiger charge is -2.15. The third-order valence-electron chi connectivity index (χ3n) is 5.79. The van der Waals surface area contributed by atoms with Crippen molar-refractivity contribution in [1.82, 2.24) is 0 Å². The molecule has 0 saturated carbocycles. The molecule has 3 aromatic rings. The normalized spacial score (nSPS) is 13.6. The van der Waals surface area contributed by atoms with E-state index in [2.05, 4.69) is 5.32 Å². The first-order valence-electron chi connectivity index (χ1n) is 11.5. The van der Waals surface area contributed by atoms with E-state index in [0.29, 0.717) is 27.8 Å². The Balaban J connectivity index is 1.47. The van der Waals surface area contributed by atoms with Gasteiger partial charge in [0.1, 0.15) is 28.9 Å². The van der Waals surface area contributed by atoms with E-state index in [-0.39, 0.29) is 24.4 Å². The molecule has 1 atom stereocenters. The number of benzene rings is 1. The highest BCUT2D eigenvalue weighted by Crippen LogP contribution is 2.39. The van der Waals surface area contributed by atoms with Gasteiger partial charge in [-0.1, -0.05) is 13.0 Å². The molecule has 180 valence electrons. The molecule has 0 aliphatic heterocycles. The van der Waals surface area contributed by atoms with Crippen LogP contribution in [0.4, 0.5) is 5.00 Å². The van der Waals surface area contributed by atoms with Crippen molar-refractivity contribution >= 4 is 28.2 Å². The van der Waals surface area contributed by atoms with Gasteiger partial charge in [-0.3, -0.25) is 4.79 Å². The van der Waals surface area contributed by atoms with E-state index >= 15 is 0 Å². The van der Waals surface area contributed by atoms with Gasteiger partial charge in [-0.05, 0) is 68.9 Å². The number of nitrogens with one attached hydrogen (secondary N) is 1. The highest BCUT2D eigenvalue weighted by Gasteiger charge is 2.28. The number of amides is 1. The van der Waals surface area contributed by atoms with Crippen LogP contribution in [0.2, 0.25) is 0 Å². The van der Waals surface area contributed by atoms with Crippen molar-refractivity contribution in [3.63, 3.8) is 0 Å². The fourth-order valence-corrected chi connectivity index (χ4v) is 5.05. The number of anilines is 1. The summed E-state index contributed by atoms with van der Waals surface area (Å²) in [5.41, 5.74) is 1.49. The number of rotatable bonds is 9. The number of aryl methyl sites for hydroxylation is 1. The van der Waals surface area contributed by atoms with Gasteiger partial charge >= 0.3 is 5.97 Å². The average molecular weight is 484 g/mol. The summed E-state index contributed by atoms with van der Waals surface area (Å²) in [4.78, 5) is 27.0. The third-order valence-corrected chi connectivity index (χ3v) is 7.00. The molecule has 1 aliphatic rings. The van der Waals surface area contributed by atoms with Crippen molar-refractivity contribution in [2.24, 2.45) is 0 Å². The molecule has 34 heavy (non-hydrogen) atoms. The molecule has 0 bridgehead atoms. The summed E-state index contributed by atoms with van der Waals surface area (Å²) in [6, 6.07) is 10.6. The Kier molecular flexibility index (Phi) is 7.57. The second kappa shape index (κ2) is 10.8. The Morgan fingerprint density at radius 3 is 2.74 bits per heavy atom. The van der Waals surface area contributed by atoms with Gasteiger partial charge < -0.3 is 23.9 Å². The summed E-state index contributed by atoms with van der Waals surface area (Å²) >= 11 is 1.45. The minimum Gasteiger partial charge on any atom is -0.497 e. The number of ether oxygens (including phenoxy) is 3. The standard InChI is InChI=1S/C26H29NO6S/c1-4-16(2)32-26(29)23-20-10-5-6-11-22(20)34-25(23)27-24(28)21-13-12-19(33-21)15-31-18-9-7-8-17(14-18)30-3/h7-9,12-14,16H,4-6,10-11,15H2,1-3H3,(H,27,28). The first-order chi connectivity index (χ1) is 16.5. The van der Waals surface area contributed by atoms with Gasteiger partial charge in [0.25, 0.3) is 5.91 Å². The number of methoxy groups -OCH3 is 1. The molecule has 1 unspecified atom stereocenters. The van der Waals surface area contributed by atoms with Gasteiger partial charge in [0.05, 0.1) is 18.8 Å². The van der Waals surface area contributed by atoms with Crippen molar-refractivity contribution < 1.29 is 28.2 Å². The summed E-state index contributed by atoms with van der Waals surface area (Å²) in [5, 5.41) is 3.41. The van der Waals surface area contributed by atoms with Crippen molar-refractivity contribution in [3.8, 4) is 11.5 Å². The van der Waals surface area contributed by atoms with Crippen LogP contribution in [0, 0.1) is 0 Å². The molecule has 1 aromatic carbocycles. The maximum atomic E-state index is 12.9. The number of carbonyl (C=O) groups excluding carboxylic acids is 2. The van der Waals surface area contributed by atoms with E-state index in [9.17, 15) is 9.59 Å². The van der Waals surface area contributed by atoms with Gasteiger partial charge in [-0.15, -0.1) is 11.3 Å². The van der Waals surface area contributed by atoms with Gasteiger partial charge in [-0.25, -0.2) is 4.79 Å². The third kappa shape index (κ3) is 5.44. The Bertz CT molecular complexity index is 1160. The van der Waals surface area contributed by atoms with Crippen molar-refractivity contribution in [2.75, 3.05) is 12.4 Å². The second-order valence-electron chi connectivity index (χ2n) is 8.23. The van der Waals surface area contributed by atoms with Crippen LogP contribution >= 0.6 is 11.3 Å². The zero-order valence-corrected chi connectivity index (χ0v) is 20.5. The number of carbonyl (C=O) groups is 2. The number of esters is 1. The Morgan fingerprint density at radius 2 is 1.94 bits per heavy atom. The zero-order valence-electron chi connectivity index (χ0n) is 19.6. The smallest absolute Gasteiger partial charge is 0.341 e. The zero-order chi connectivity index (χ0) is 24.1. The molecule has 1 amide bonds. The van der Waals surface area contributed by atoms with Crippen molar-refractivity contribution in [2.45, 2.75) is 58.7 Å². The largest absolute Gasteiger partial charge is 0.497 e. The molecule has 0 fully saturated rings. The second-order valence-corrected chi connectivity index (χ2v) is 9.33. The summed E-state index contributed by atoms with van der Waals surface area (Å²) in [6.07, 6.45) is 4.37. The summed E-state index contributed by atoms with van der Waals surface area (Å²) in [7, 11) is 1.59. The average Bonchev–Trinajstić information content (AvgIpc) is 3.47. The van der Waals surface area contributed by atoms with Crippen molar-refractivity contribution in [1.29, 1.82) is 0 Å². The predicted molar refractivity (Wildman–Crippen MR) is 130 cm³/mol. The van der Waals surface area contributed by atoms with Crippen molar-refractivity contribution in [3.05, 3.63) is 63.9 Å². The molecular weight excluding hydrogens is 454 g/mol. The maximum absolute atomic E-state index is 12.9. The Labute approximate surface area is 203 Å². The highest BCUT2D eigenvalue weighted by atomic mass is 32.1. The van der Waals surface area contributed by atoms with Crippen LogP contribution in [0.15, 0.2) is 40.8 Å². The number of hydrogen-bond acceptors (Lipinski definition) is 7. The molecule has 0 saturated heterocycles. The number of hydrogen-bond donors (Lipinski definition) is 1. The minimum absolute atomic E-state index is 0.150. The lowest BCUT2D eigenvalue weighted by molar-refractivity contribution is 0.0335. The summed E-state index contributed by atoms with van der Waals surface area (Å²) in [5.74, 6) is 1.19. The molecule has 0 spiro atoms. The Morgan fingerprint density at radius 1 is 1.15 bits per heavy atom. The lowest BCUT2D eigenvalue weighted by atomic mass is 9.95. The van der Waals surface area contributed by atoms with Crippen LogP contribution in [0.3, 0.4) is 0 Å². The number of furan rings is 1. The van der Waals surface area contributed by atoms with Gasteiger partial charge in [0, 0.05) is 10.9 Å². The monoisotopic (exact) mass is 483 g/mol. The molecular formula is C26H29NO6S. The van der Waals surface area contributed by atoms with E-state index in [1.807, 2.05) is 32.0 Å². The van der Waals surface area contributed by atoms with E-state index in [0.717, 1.165) is 42.5 Å². The van der Waals surface area contributed by atoms with E-state index in [1.54, 1.807) is 25.3 Å². The van der Waals surface area contributed by atoms with Gasteiger partial charge in [0.15, 0.2) is 5.76 Å². The lowest BCUT2D eigenvalue weighted by Crippen LogP contribution is -2.18. The fraction of sp³-hybridized carbons (Fsp3) is 0.385. The molecule has 1 N–H and O–H groups in total. The number of thiophene rings is 1. The summed E-state index contributed by atoms with van der Waals surface area (Å²) < 4.78 is 22.2. The van der Waals surface area contributed by atoms with E-state index in [1.165, 1.54) is 11.3 Å². The van der Waals surface area contributed by atoms with Crippen LogP contribution in [0.5, 0.6) is 11.5 Å². The maximum Gasteiger partial charge on any atom is 0.341 e. The van der Waals surface area contributed by atoms with Gasteiger partial charge in [-0.2, -0.15) is 0 Å². The minimum atomic E-state index is -0.413. The topological polar surface area (TPSA) is 87.0 Å². The summed E-state index contributed by atoms with van der Waals surface area (Å²) in [6.45, 7) is 4.00. The van der Waals surface area contributed by atoms with Crippen LogP contribution in [-0.4, -0.2) is 25.1 Å². The van der Waals surface area contributed by atoms with Crippen LogP contribution < -0.4 is 14.8 Å². The molecule has 1 aliphatic carbocycles. The molecule has 2 heterocycles. The number of fused-ring (bicyclic) bond motifs is 1. The van der Waals surface area contributed by atoms with Crippen LogP contribution in [0.25, 0.3) is 0 Å². The molecule has 4 rings (SSSR count). The fourth-order valence-electron chi connectivity index (χ4n) is 3.78. The first-order valence-corrected chi connectivity index (χ1v) is 12.3. The predicted octanol–water partition coefficient (Wildman–Crippen LogP) is 6.02.